The minimum Gasteiger partial charge on any atom is -0.507 e. The van der Waals surface area contributed by atoms with Gasteiger partial charge in [-0.05, 0) is 60.9 Å². The van der Waals surface area contributed by atoms with Gasteiger partial charge in [0.1, 0.15) is 35.7 Å². The van der Waals surface area contributed by atoms with Crippen molar-refractivity contribution in [2.24, 2.45) is 0 Å². The van der Waals surface area contributed by atoms with Crippen LogP contribution in [-0.4, -0.2) is 47.6 Å². The maximum Gasteiger partial charge on any atom is 0.350 e. The molecule has 0 saturated carbocycles. The standard InChI is InChI=1S/C36H32N2O8S/c1-5-15-44-35(42)33-21(3)37-36(47-33)38-30(23-11-14-27(28(18-23)43-4)45-19-22-9-7-6-8-10-22)29(32(40)34(38)41)31(39)24-12-13-26-25(17-24)16-20(2)46-26/h5-14,17-18,20,30,39H,1,15-16,19H2,2-4H3/b31-29+. The third kappa shape index (κ3) is 6.09. The van der Waals surface area contributed by atoms with E-state index in [-0.39, 0.29) is 34.1 Å². The number of ketones is 1. The molecule has 1 fully saturated rings. The normalized spacial score (nSPS) is 18.1. The second kappa shape index (κ2) is 13.1. The van der Waals surface area contributed by atoms with Gasteiger partial charge in [-0.2, -0.15) is 0 Å². The molecule has 0 bridgehead atoms. The van der Waals surface area contributed by atoms with E-state index in [4.69, 9.17) is 18.9 Å². The average molecular weight is 653 g/mol. The van der Waals surface area contributed by atoms with Crippen LogP contribution < -0.4 is 19.1 Å². The van der Waals surface area contributed by atoms with E-state index in [1.807, 2.05) is 37.3 Å². The Bertz CT molecular complexity index is 1920. The zero-order chi connectivity index (χ0) is 33.2. The molecule has 2 unspecified atom stereocenters. The minimum atomic E-state index is -1.11. The van der Waals surface area contributed by atoms with Crippen molar-refractivity contribution < 1.29 is 38.4 Å². The summed E-state index contributed by atoms with van der Waals surface area (Å²) in [7, 11) is 1.49. The maximum atomic E-state index is 13.8. The number of aliphatic hydroxyl groups is 1. The molecule has 240 valence electrons. The van der Waals surface area contributed by atoms with E-state index in [1.54, 1.807) is 43.3 Å². The number of nitrogens with zero attached hydrogens (tertiary/aromatic N) is 2. The number of benzene rings is 3. The first kappa shape index (κ1) is 31.6. The number of methoxy groups -OCH3 is 1. The number of aromatic nitrogens is 1. The number of Topliss-reactive ketones (excluding diaryl/α,β-unsaturated/α-hetero) is 1. The number of carbonyl (C=O) groups excluding carboxylic acids is 3. The predicted octanol–water partition coefficient (Wildman–Crippen LogP) is 6.33. The van der Waals surface area contributed by atoms with Crippen molar-refractivity contribution in [2.45, 2.75) is 39.0 Å². The number of fused-ring (bicyclic) bond motifs is 1. The third-order valence-corrected chi connectivity index (χ3v) is 9.00. The quantitative estimate of drug-likeness (QED) is 0.0688. The van der Waals surface area contributed by atoms with E-state index in [0.717, 1.165) is 22.5 Å². The highest BCUT2D eigenvalue weighted by Gasteiger charge is 2.49. The van der Waals surface area contributed by atoms with Crippen LogP contribution in [0, 0.1) is 6.92 Å². The predicted molar refractivity (Wildman–Crippen MR) is 176 cm³/mol. The SMILES string of the molecule is C=CCOC(=O)c1sc(N2C(=O)C(=O)/C(=C(/O)c3ccc4c(c3)CC(C)O4)C2c2ccc(OCc3ccccc3)c(OC)c2)nc1C. The summed E-state index contributed by atoms with van der Waals surface area (Å²) in [5.41, 5.74) is 2.86. The molecular formula is C36H32N2O8S. The zero-order valence-corrected chi connectivity index (χ0v) is 26.8. The van der Waals surface area contributed by atoms with E-state index in [9.17, 15) is 19.5 Å². The van der Waals surface area contributed by atoms with Gasteiger partial charge in [0.25, 0.3) is 5.78 Å². The van der Waals surface area contributed by atoms with Crippen LogP contribution in [0.1, 0.15) is 50.6 Å². The number of rotatable bonds is 10. The summed E-state index contributed by atoms with van der Waals surface area (Å²) in [6.45, 7) is 7.42. The van der Waals surface area contributed by atoms with Crippen LogP contribution in [0.5, 0.6) is 17.2 Å². The van der Waals surface area contributed by atoms with Gasteiger partial charge in [-0.25, -0.2) is 9.78 Å². The molecule has 1 aromatic heterocycles. The van der Waals surface area contributed by atoms with E-state index >= 15 is 0 Å². The summed E-state index contributed by atoms with van der Waals surface area (Å²) in [6.07, 6.45) is 2.06. The van der Waals surface area contributed by atoms with Crippen LogP contribution in [0.2, 0.25) is 0 Å². The molecule has 1 N–H and O–H groups in total. The van der Waals surface area contributed by atoms with E-state index < -0.39 is 23.7 Å². The molecule has 3 heterocycles. The molecule has 0 spiro atoms. The lowest BCUT2D eigenvalue weighted by Crippen LogP contribution is -2.29. The molecule has 0 aliphatic carbocycles. The fraction of sp³-hybridized carbons (Fsp3) is 0.222. The highest BCUT2D eigenvalue weighted by molar-refractivity contribution is 7.17. The van der Waals surface area contributed by atoms with Gasteiger partial charge in [-0.1, -0.05) is 60.4 Å². The highest BCUT2D eigenvalue weighted by atomic mass is 32.1. The van der Waals surface area contributed by atoms with Gasteiger partial charge < -0.3 is 24.1 Å². The molecule has 4 aromatic rings. The molecule has 2 atom stereocenters. The van der Waals surface area contributed by atoms with Gasteiger partial charge in [0.15, 0.2) is 16.6 Å². The van der Waals surface area contributed by atoms with Gasteiger partial charge in [0.05, 0.1) is 24.4 Å². The van der Waals surface area contributed by atoms with Crippen LogP contribution in [0.25, 0.3) is 5.76 Å². The van der Waals surface area contributed by atoms with Crippen LogP contribution in [0.4, 0.5) is 5.13 Å². The van der Waals surface area contributed by atoms with Crippen molar-refractivity contribution in [3.8, 4) is 17.2 Å². The number of thiazole rings is 1. The van der Waals surface area contributed by atoms with Gasteiger partial charge in [-0.15, -0.1) is 0 Å². The average Bonchev–Trinajstić information content (AvgIpc) is 3.73. The Morgan fingerprint density at radius 3 is 2.66 bits per heavy atom. The van der Waals surface area contributed by atoms with Gasteiger partial charge in [-0.3, -0.25) is 14.5 Å². The number of anilines is 1. The van der Waals surface area contributed by atoms with Crippen LogP contribution >= 0.6 is 11.3 Å². The molecule has 1 amide bonds. The Balaban J connectivity index is 1.45. The lowest BCUT2D eigenvalue weighted by molar-refractivity contribution is -0.132. The Hall–Kier alpha value is -5.42. The zero-order valence-electron chi connectivity index (χ0n) is 26.0. The van der Waals surface area contributed by atoms with Crippen molar-refractivity contribution in [3.63, 3.8) is 0 Å². The van der Waals surface area contributed by atoms with E-state index in [2.05, 4.69) is 11.6 Å². The lowest BCUT2D eigenvalue weighted by atomic mass is 9.94. The Kier molecular flexibility index (Phi) is 8.82. The molecule has 0 radical (unpaired) electrons. The number of amides is 1. The van der Waals surface area contributed by atoms with Crippen molar-refractivity contribution in [3.05, 3.63) is 118 Å². The molecule has 3 aromatic carbocycles. The van der Waals surface area contributed by atoms with Crippen LogP contribution in [0.3, 0.4) is 0 Å². The molecule has 1 saturated heterocycles. The number of hydrogen-bond donors (Lipinski definition) is 1. The third-order valence-electron chi connectivity index (χ3n) is 7.86. The van der Waals surface area contributed by atoms with Gasteiger partial charge in [0, 0.05) is 12.0 Å². The topological polar surface area (TPSA) is 124 Å². The van der Waals surface area contributed by atoms with E-state index in [1.165, 1.54) is 18.1 Å². The lowest BCUT2D eigenvalue weighted by Gasteiger charge is -2.24. The summed E-state index contributed by atoms with van der Waals surface area (Å²) in [4.78, 5) is 46.2. The second-order valence-electron chi connectivity index (χ2n) is 11.1. The number of aryl methyl sites for hydroxylation is 1. The van der Waals surface area contributed by atoms with Gasteiger partial charge >= 0.3 is 11.9 Å². The van der Waals surface area contributed by atoms with Crippen molar-refractivity contribution in [1.29, 1.82) is 0 Å². The molecule has 10 nitrogen and oxygen atoms in total. The molecule has 11 heteroatoms. The summed E-state index contributed by atoms with van der Waals surface area (Å²) in [6, 6.07) is 18.7. The first-order valence-electron chi connectivity index (χ1n) is 14.9. The fourth-order valence-electron chi connectivity index (χ4n) is 5.65. The Morgan fingerprint density at radius 2 is 1.91 bits per heavy atom. The minimum absolute atomic E-state index is 0.000889. The summed E-state index contributed by atoms with van der Waals surface area (Å²) >= 11 is 0.921. The maximum absolute atomic E-state index is 13.8. The monoisotopic (exact) mass is 652 g/mol. The smallest absolute Gasteiger partial charge is 0.350 e. The summed E-state index contributed by atoms with van der Waals surface area (Å²) in [5.74, 6) is -1.27. The number of carbonyl (C=O) groups is 3. The molecule has 2 aliphatic rings. The molecule has 2 aliphatic heterocycles. The number of ether oxygens (including phenoxy) is 4. The van der Waals surface area contributed by atoms with E-state index in [0.29, 0.717) is 47.1 Å². The Labute approximate surface area is 275 Å². The molecule has 47 heavy (non-hydrogen) atoms. The number of hydrogen-bond acceptors (Lipinski definition) is 10. The van der Waals surface area contributed by atoms with Crippen LogP contribution in [-0.2, 0) is 27.4 Å². The largest absolute Gasteiger partial charge is 0.507 e. The number of aliphatic hydroxyl groups excluding tert-OH is 1. The van der Waals surface area contributed by atoms with Gasteiger partial charge in [0.2, 0.25) is 0 Å². The van der Waals surface area contributed by atoms with Crippen molar-refractivity contribution in [1.82, 2.24) is 4.98 Å². The Morgan fingerprint density at radius 1 is 1.13 bits per heavy atom. The summed E-state index contributed by atoms with van der Waals surface area (Å²) in [5, 5.41) is 11.8. The highest BCUT2D eigenvalue weighted by Crippen LogP contribution is 2.46. The second-order valence-corrected chi connectivity index (χ2v) is 12.1. The van der Waals surface area contributed by atoms with Crippen LogP contribution in [0.15, 0.2) is 85.0 Å². The molecule has 6 rings (SSSR count). The first-order valence-corrected chi connectivity index (χ1v) is 15.7. The molecular weight excluding hydrogens is 620 g/mol. The van der Waals surface area contributed by atoms with Crippen molar-refractivity contribution >= 4 is 39.9 Å². The fourth-order valence-corrected chi connectivity index (χ4v) is 6.64. The summed E-state index contributed by atoms with van der Waals surface area (Å²) < 4.78 is 22.7. The van der Waals surface area contributed by atoms with Crippen molar-refractivity contribution in [2.75, 3.05) is 18.6 Å². The first-order chi connectivity index (χ1) is 22.7. The number of esters is 1.